The smallest absolute Gasteiger partial charge is 0.163 e. The molecule has 0 amide bonds. The second kappa shape index (κ2) is 7.15. The molecule has 2 fully saturated rings. The summed E-state index contributed by atoms with van der Waals surface area (Å²) in [6, 6.07) is 0. The van der Waals surface area contributed by atoms with Crippen LogP contribution in [0.5, 0.6) is 0 Å². The van der Waals surface area contributed by atoms with Gasteiger partial charge in [0.05, 0.1) is 24.4 Å². The minimum Gasteiger partial charge on any atom is -0.393 e. The Kier molecular flexibility index (Phi) is 5.77. The largest absolute Gasteiger partial charge is 0.393 e. The Morgan fingerprint density at radius 1 is 0.950 bits per heavy atom. The van der Waals surface area contributed by atoms with E-state index in [1.807, 2.05) is 13.8 Å². The van der Waals surface area contributed by atoms with Crippen LogP contribution in [-0.2, 0) is 14.2 Å². The minimum atomic E-state index is -0.874. The van der Waals surface area contributed by atoms with Crippen LogP contribution >= 0.6 is 0 Å². The third-order valence-electron chi connectivity index (χ3n) is 4.04. The molecule has 2 rings (SSSR count). The Morgan fingerprint density at radius 2 is 1.65 bits per heavy atom. The van der Waals surface area contributed by atoms with Gasteiger partial charge in [-0.2, -0.15) is 0 Å². The van der Waals surface area contributed by atoms with E-state index in [4.69, 9.17) is 14.2 Å². The first-order valence-electron chi connectivity index (χ1n) is 7.54. The van der Waals surface area contributed by atoms with E-state index in [9.17, 15) is 15.3 Å². The van der Waals surface area contributed by atoms with Gasteiger partial charge in [0.1, 0.15) is 6.10 Å². The molecule has 0 aliphatic carbocycles. The number of aliphatic hydroxyl groups is 3. The predicted octanol–water partition coefficient (Wildman–Crippen LogP) is 0.526. The molecule has 0 aromatic rings. The zero-order chi connectivity index (χ0) is 14.7. The van der Waals surface area contributed by atoms with Gasteiger partial charge < -0.3 is 29.5 Å². The maximum atomic E-state index is 9.83. The third-order valence-corrected chi connectivity index (χ3v) is 4.04. The van der Waals surface area contributed by atoms with Crippen LogP contribution in [0.2, 0.25) is 0 Å². The minimum absolute atomic E-state index is 0.00942. The lowest BCUT2D eigenvalue weighted by molar-refractivity contribution is -0.319. The maximum absolute atomic E-state index is 9.83. The fraction of sp³-hybridized carbons (Fsp3) is 1.00. The highest BCUT2D eigenvalue weighted by atomic mass is 16.8. The topological polar surface area (TPSA) is 88.4 Å². The molecular weight excluding hydrogens is 264 g/mol. The monoisotopic (exact) mass is 290 g/mol. The fourth-order valence-corrected chi connectivity index (χ4v) is 2.81. The fourth-order valence-electron chi connectivity index (χ4n) is 2.81. The first-order chi connectivity index (χ1) is 9.53. The molecule has 0 bridgehead atoms. The normalized spacial score (nSPS) is 46.4. The summed E-state index contributed by atoms with van der Waals surface area (Å²) in [7, 11) is 0. The summed E-state index contributed by atoms with van der Waals surface area (Å²) in [6.45, 7) is 3.89. The van der Waals surface area contributed by atoms with E-state index in [1.54, 1.807) is 0 Å². The summed E-state index contributed by atoms with van der Waals surface area (Å²) >= 11 is 0. The van der Waals surface area contributed by atoms with Crippen LogP contribution in [-0.4, -0.2) is 58.4 Å². The molecule has 118 valence electrons. The van der Waals surface area contributed by atoms with E-state index in [1.165, 1.54) is 0 Å². The zero-order valence-corrected chi connectivity index (χ0v) is 12.1. The Labute approximate surface area is 119 Å². The lowest BCUT2D eigenvalue weighted by Gasteiger charge is -2.40. The van der Waals surface area contributed by atoms with Crippen LogP contribution in [0.15, 0.2) is 0 Å². The molecule has 0 saturated carbocycles. The van der Waals surface area contributed by atoms with Crippen LogP contribution in [0, 0.1) is 0 Å². The standard InChI is InChI=1S/C14H26O6/c1-3-9-5-8(15)6-12(18-9)20-13-7-10(16)14(17)11(4-2)19-13/h8-17H,3-7H2,1-2H3/t8?,9?,10?,11?,12-,13-,14+/m1/s1. The number of hydrogen-bond donors (Lipinski definition) is 3. The van der Waals surface area contributed by atoms with Crippen LogP contribution in [0.25, 0.3) is 0 Å². The van der Waals surface area contributed by atoms with Gasteiger partial charge in [-0.25, -0.2) is 0 Å². The molecule has 2 saturated heterocycles. The van der Waals surface area contributed by atoms with E-state index >= 15 is 0 Å². The molecule has 0 radical (unpaired) electrons. The summed E-state index contributed by atoms with van der Waals surface area (Å²) < 4.78 is 17.1. The molecule has 4 unspecified atom stereocenters. The second-order valence-corrected chi connectivity index (χ2v) is 5.66. The molecule has 0 spiro atoms. The Morgan fingerprint density at radius 3 is 2.30 bits per heavy atom. The van der Waals surface area contributed by atoms with Crippen molar-refractivity contribution in [1.82, 2.24) is 0 Å². The van der Waals surface area contributed by atoms with Crippen LogP contribution in [0.4, 0.5) is 0 Å². The van der Waals surface area contributed by atoms with Gasteiger partial charge in [0.2, 0.25) is 0 Å². The van der Waals surface area contributed by atoms with Crippen molar-refractivity contribution in [3.8, 4) is 0 Å². The summed E-state index contributed by atoms with van der Waals surface area (Å²) in [4.78, 5) is 0. The molecule has 2 heterocycles. The van der Waals surface area contributed by atoms with E-state index in [0.29, 0.717) is 19.3 Å². The summed E-state index contributed by atoms with van der Waals surface area (Å²) in [5, 5.41) is 29.4. The highest BCUT2D eigenvalue weighted by molar-refractivity contribution is 4.82. The molecule has 7 atom stereocenters. The van der Waals surface area contributed by atoms with Crippen molar-refractivity contribution in [1.29, 1.82) is 0 Å². The van der Waals surface area contributed by atoms with Crippen LogP contribution in [0.1, 0.15) is 46.0 Å². The molecule has 6 heteroatoms. The molecule has 20 heavy (non-hydrogen) atoms. The molecule has 0 aromatic carbocycles. The van der Waals surface area contributed by atoms with E-state index in [-0.39, 0.29) is 12.5 Å². The lowest BCUT2D eigenvalue weighted by Crippen LogP contribution is -2.50. The average Bonchev–Trinajstić information content (AvgIpc) is 2.41. The zero-order valence-electron chi connectivity index (χ0n) is 12.1. The van der Waals surface area contributed by atoms with Crippen molar-refractivity contribution in [2.24, 2.45) is 0 Å². The SMILES string of the molecule is CCC1CC(O)C[C@@H](O[C@@H]2CC(O)[C@H](O)C(CC)O2)O1. The van der Waals surface area contributed by atoms with Crippen molar-refractivity contribution in [3.63, 3.8) is 0 Å². The van der Waals surface area contributed by atoms with Gasteiger partial charge in [-0.3, -0.25) is 0 Å². The summed E-state index contributed by atoms with van der Waals surface area (Å²) in [6.07, 6.45) is -1.05. The average molecular weight is 290 g/mol. The van der Waals surface area contributed by atoms with Gasteiger partial charge in [-0.15, -0.1) is 0 Å². The molecule has 6 nitrogen and oxygen atoms in total. The Hall–Kier alpha value is -0.240. The van der Waals surface area contributed by atoms with Gasteiger partial charge >= 0.3 is 0 Å². The first kappa shape index (κ1) is 16.1. The van der Waals surface area contributed by atoms with Gasteiger partial charge in [0, 0.05) is 12.8 Å². The highest BCUT2D eigenvalue weighted by Crippen LogP contribution is 2.28. The van der Waals surface area contributed by atoms with Gasteiger partial charge in [0.15, 0.2) is 12.6 Å². The van der Waals surface area contributed by atoms with Crippen molar-refractivity contribution < 1.29 is 29.5 Å². The highest BCUT2D eigenvalue weighted by Gasteiger charge is 2.38. The molecule has 3 N–H and O–H groups in total. The molecule has 2 aliphatic rings. The van der Waals surface area contributed by atoms with E-state index in [2.05, 4.69) is 0 Å². The predicted molar refractivity (Wildman–Crippen MR) is 70.9 cm³/mol. The molecular formula is C14H26O6. The van der Waals surface area contributed by atoms with Crippen molar-refractivity contribution in [2.45, 2.75) is 89.1 Å². The number of rotatable bonds is 4. The van der Waals surface area contributed by atoms with Gasteiger partial charge in [-0.1, -0.05) is 13.8 Å². The third kappa shape index (κ3) is 3.90. The Balaban J connectivity index is 1.89. The molecule has 2 aliphatic heterocycles. The lowest BCUT2D eigenvalue weighted by atomic mass is 9.99. The molecule has 0 aromatic heterocycles. The quantitative estimate of drug-likeness (QED) is 0.700. The van der Waals surface area contributed by atoms with E-state index in [0.717, 1.165) is 6.42 Å². The van der Waals surface area contributed by atoms with Crippen LogP contribution in [0.3, 0.4) is 0 Å². The van der Waals surface area contributed by atoms with Gasteiger partial charge in [0.25, 0.3) is 0 Å². The van der Waals surface area contributed by atoms with Crippen LogP contribution < -0.4 is 0 Å². The Bertz CT molecular complexity index is 299. The number of ether oxygens (including phenoxy) is 3. The first-order valence-corrected chi connectivity index (χ1v) is 7.54. The van der Waals surface area contributed by atoms with Crippen molar-refractivity contribution >= 4 is 0 Å². The second-order valence-electron chi connectivity index (χ2n) is 5.66. The number of aliphatic hydroxyl groups excluding tert-OH is 3. The maximum Gasteiger partial charge on any atom is 0.163 e. The van der Waals surface area contributed by atoms with Gasteiger partial charge in [-0.05, 0) is 19.3 Å². The summed E-state index contributed by atoms with van der Waals surface area (Å²) in [5.74, 6) is 0. The number of hydrogen-bond acceptors (Lipinski definition) is 6. The van der Waals surface area contributed by atoms with E-state index < -0.39 is 37.0 Å². The van der Waals surface area contributed by atoms with Crippen molar-refractivity contribution in [2.75, 3.05) is 0 Å². The van der Waals surface area contributed by atoms with Crippen molar-refractivity contribution in [3.05, 3.63) is 0 Å². The summed E-state index contributed by atoms with van der Waals surface area (Å²) in [5.41, 5.74) is 0.